The molecule has 1 aromatic carbocycles. The van der Waals surface area contributed by atoms with Gasteiger partial charge < -0.3 is 9.42 Å². The lowest BCUT2D eigenvalue weighted by Gasteiger charge is -2.18. The summed E-state index contributed by atoms with van der Waals surface area (Å²) in [6.45, 7) is 11.0. The molecule has 0 fully saturated rings. The van der Waals surface area contributed by atoms with Crippen molar-refractivity contribution in [1.82, 2.24) is 4.90 Å². The van der Waals surface area contributed by atoms with Gasteiger partial charge in [-0.3, -0.25) is 9.12 Å². The predicted octanol–water partition coefficient (Wildman–Crippen LogP) is 4.16. The first-order valence-corrected chi connectivity index (χ1v) is 13.3. The fourth-order valence-corrected chi connectivity index (χ4v) is 5.33. The van der Waals surface area contributed by atoms with Crippen LogP contribution in [0.15, 0.2) is 29.2 Å². The zero-order chi connectivity index (χ0) is 19.5. The van der Waals surface area contributed by atoms with Gasteiger partial charge >= 0.3 is 0 Å². The topological polar surface area (TPSA) is 83.9 Å². The Balaban J connectivity index is 0.000000472. The van der Waals surface area contributed by atoms with Crippen LogP contribution in [0.4, 0.5) is 0 Å². The standard InChI is InChI=1S/C9H22NO2PS.C7H8O3S/c1-5-10(6-2)8-9-14-13(4,11)12-7-3;1-6-2-4-7(5-3-6)11(8,9)10/h5-9H2,1-4H3;2-5H,1H3,(H,8,9,10). The molecular weight excluding hydrogens is 381 g/mol. The van der Waals surface area contributed by atoms with Crippen molar-refractivity contribution in [3.8, 4) is 0 Å². The van der Waals surface area contributed by atoms with E-state index in [1.165, 1.54) is 23.5 Å². The van der Waals surface area contributed by atoms with Crippen LogP contribution in [-0.2, 0) is 19.2 Å². The lowest BCUT2D eigenvalue weighted by atomic mass is 10.2. The van der Waals surface area contributed by atoms with Gasteiger partial charge in [0.05, 0.1) is 11.5 Å². The van der Waals surface area contributed by atoms with Crippen LogP contribution in [0.1, 0.15) is 26.3 Å². The Hall–Kier alpha value is -0.370. The summed E-state index contributed by atoms with van der Waals surface area (Å²) in [7, 11) is -4.02. The van der Waals surface area contributed by atoms with E-state index < -0.39 is 16.7 Å². The summed E-state index contributed by atoms with van der Waals surface area (Å²) in [5.41, 5.74) is 0.956. The molecule has 6 nitrogen and oxygen atoms in total. The van der Waals surface area contributed by atoms with Crippen LogP contribution in [0.2, 0.25) is 0 Å². The van der Waals surface area contributed by atoms with E-state index in [0.29, 0.717) is 6.61 Å². The van der Waals surface area contributed by atoms with Gasteiger partial charge in [-0.1, -0.05) is 42.9 Å². The van der Waals surface area contributed by atoms with Gasteiger partial charge in [-0.25, -0.2) is 0 Å². The maximum absolute atomic E-state index is 11.7. The molecule has 0 saturated heterocycles. The molecule has 0 radical (unpaired) electrons. The van der Waals surface area contributed by atoms with E-state index in [-0.39, 0.29) is 4.90 Å². The second-order valence-electron chi connectivity index (χ2n) is 5.34. The molecule has 1 unspecified atom stereocenters. The van der Waals surface area contributed by atoms with Crippen molar-refractivity contribution in [1.29, 1.82) is 0 Å². The number of aryl methyl sites for hydroxylation is 1. The van der Waals surface area contributed by atoms with Crippen LogP contribution >= 0.6 is 18.0 Å². The number of rotatable bonds is 9. The average Bonchev–Trinajstić information content (AvgIpc) is 2.51. The molecule has 1 rings (SSSR count). The summed E-state index contributed by atoms with van der Waals surface area (Å²) in [5.74, 6) is 0.884. The maximum atomic E-state index is 11.7. The first-order chi connectivity index (χ1) is 11.6. The van der Waals surface area contributed by atoms with Gasteiger partial charge in [-0.15, -0.1) is 0 Å². The van der Waals surface area contributed by atoms with Gasteiger partial charge in [0.15, 0.2) is 0 Å². The van der Waals surface area contributed by atoms with E-state index in [2.05, 4.69) is 18.7 Å². The minimum atomic E-state index is -4.02. The third-order valence-corrected chi connectivity index (χ3v) is 8.01. The van der Waals surface area contributed by atoms with Crippen LogP contribution < -0.4 is 0 Å². The first-order valence-electron chi connectivity index (χ1n) is 8.18. The molecule has 0 heterocycles. The van der Waals surface area contributed by atoms with Crippen LogP contribution in [0.5, 0.6) is 0 Å². The molecule has 25 heavy (non-hydrogen) atoms. The third-order valence-electron chi connectivity index (χ3n) is 3.31. The van der Waals surface area contributed by atoms with E-state index in [1.54, 1.807) is 18.8 Å². The van der Waals surface area contributed by atoms with Gasteiger partial charge in [-0.2, -0.15) is 8.42 Å². The first kappa shape index (κ1) is 24.6. The van der Waals surface area contributed by atoms with Gasteiger partial charge in [0.2, 0.25) is 0 Å². The largest absolute Gasteiger partial charge is 0.322 e. The third kappa shape index (κ3) is 11.8. The number of benzene rings is 1. The Labute approximate surface area is 156 Å². The summed E-state index contributed by atoms with van der Waals surface area (Å²) in [6, 6.07) is 5.99. The van der Waals surface area contributed by atoms with Crippen LogP contribution in [0.25, 0.3) is 0 Å². The molecule has 1 atom stereocenters. The molecule has 0 bridgehead atoms. The van der Waals surface area contributed by atoms with Gasteiger partial charge in [0, 0.05) is 19.0 Å². The molecule has 0 aliphatic rings. The smallest absolute Gasteiger partial charge is 0.294 e. The minimum absolute atomic E-state index is 0.0666. The zero-order valence-corrected chi connectivity index (χ0v) is 18.2. The summed E-state index contributed by atoms with van der Waals surface area (Å²) in [5, 5.41) is 0. The van der Waals surface area contributed by atoms with Gasteiger partial charge in [0.1, 0.15) is 0 Å². The van der Waals surface area contributed by atoms with E-state index in [0.717, 1.165) is 31.0 Å². The molecule has 1 N–H and O–H groups in total. The molecule has 0 aromatic heterocycles. The van der Waals surface area contributed by atoms with Crippen molar-refractivity contribution in [3.05, 3.63) is 29.8 Å². The lowest BCUT2D eigenvalue weighted by molar-refractivity contribution is 0.323. The highest BCUT2D eigenvalue weighted by atomic mass is 32.7. The van der Waals surface area contributed by atoms with Crippen molar-refractivity contribution in [3.63, 3.8) is 0 Å². The Morgan fingerprint density at radius 1 is 1.16 bits per heavy atom. The van der Waals surface area contributed by atoms with Crippen molar-refractivity contribution in [2.24, 2.45) is 0 Å². The van der Waals surface area contributed by atoms with Crippen molar-refractivity contribution >= 4 is 28.1 Å². The molecule has 146 valence electrons. The molecule has 0 spiro atoms. The molecule has 9 heteroatoms. The van der Waals surface area contributed by atoms with Crippen molar-refractivity contribution in [2.75, 3.05) is 38.7 Å². The highest BCUT2D eigenvalue weighted by Crippen LogP contribution is 2.55. The highest BCUT2D eigenvalue weighted by molar-refractivity contribution is 8.56. The fourth-order valence-electron chi connectivity index (χ4n) is 1.86. The molecular formula is C16H30NO5PS2. The lowest BCUT2D eigenvalue weighted by Crippen LogP contribution is -2.25. The normalized spacial score (nSPS) is 13.9. The molecule has 0 saturated carbocycles. The summed E-state index contributed by atoms with van der Waals surface area (Å²) >= 11 is 1.45. The van der Waals surface area contributed by atoms with Gasteiger partial charge in [-0.05, 0) is 39.1 Å². The molecule has 0 aliphatic carbocycles. The molecule has 1 aromatic rings. The minimum Gasteiger partial charge on any atom is -0.322 e. The average molecular weight is 412 g/mol. The quantitative estimate of drug-likeness (QED) is 0.482. The van der Waals surface area contributed by atoms with E-state index in [4.69, 9.17) is 9.08 Å². The van der Waals surface area contributed by atoms with E-state index in [1.807, 2.05) is 13.8 Å². The second-order valence-corrected chi connectivity index (χ2v) is 12.0. The van der Waals surface area contributed by atoms with Crippen LogP contribution in [-0.4, -0.2) is 56.5 Å². The number of nitrogens with zero attached hydrogens (tertiary/aromatic N) is 1. The summed E-state index contributed by atoms with van der Waals surface area (Å²) in [6.07, 6.45) is 0. The zero-order valence-electron chi connectivity index (χ0n) is 15.6. The predicted molar refractivity (Wildman–Crippen MR) is 106 cm³/mol. The Morgan fingerprint density at radius 3 is 2.08 bits per heavy atom. The number of hydrogen-bond acceptors (Lipinski definition) is 6. The SMILES string of the molecule is CCOP(C)(=O)SCCN(CC)CC.Cc1ccc(S(=O)(=O)O)cc1. The Bertz CT molecular complexity index is 630. The molecule has 0 amide bonds. The Morgan fingerprint density at radius 2 is 1.68 bits per heavy atom. The monoisotopic (exact) mass is 411 g/mol. The Kier molecular flexibility index (Phi) is 11.9. The maximum Gasteiger partial charge on any atom is 0.294 e. The van der Waals surface area contributed by atoms with Crippen molar-refractivity contribution < 1.29 is 22.1 Å². The summed E-state index contributed by atoms with van der Waals surface area (Å²) < 4.78 is 46.4. The van der Waals surface area contributed by atoms with Gasteiger partial charge in [0.25, 0.3) is 16.7 Å². The molecule has 0 aliphatic heterocycles. The van der Waals surface area contributed by atoms with Crippen LogP contribution in [0, 0.1) is 6.92 Å². The number of hydrogen-bond donors (Lipinski definition) is 1. The highest BCUT2D eigenvalue weighted by Gasteiger charge is 2.15. The van der Waals surface area contributed by atoms with Crippen LogP contribution in [0.3, 0.4) is 0 Å². The summed E-state index contributed by atoms with van der Waals surface area (Å²) in [4.78, 5) is 2.25. The fraction of sp³-hybridized carbons (Fsp3) is 0.625. The van der Waals surface area contributed by atoms with E-state index in [9.17, 15) is 13.0 Å². The second kappa shape index (κ2) is 12.1. The van der Waals surface area contributed by atoms with E-state index >= 15 is 0 Å². The van der Waals surface area contributed by atoms with Crippen molar-refractivity contribution in [2.45, 2.75) is 32.6 Å².